The second kappa shape index (κ2) is 14.7. The van der Waals surface area contributed by atoms with Gasteiger partial charge in [0.05, 0.1) is 12.0 Å². The van der Waals surface area contributed by atoms with Gasteiger partial charge in [-0.2, -0.15) is 9.71 Å². The lowest BCUT2D eigenvalue weighted by Crippen LogP contribution is -2.29. The minimum atomic E-state index is -3.87. The van der Waals surface area contributed by atoms with Crippen LogP contribution in [0, 0.1) is 0 Å². The second-order valence-electron chi connectivity index (χ2n) is 5.37. The van der Waals surface area contributed by atoms with E-state index in [-0.39, 0.29) is 10.8 Å². The van der Waals surface area contributed by atoms with Crippen LogP contribution >= 0.6 is 0 Å². The third kappa shape index (κ3) is 10.4. The van der Waals surface area contributed by atoms with Crippen LogP contribution in [0.25, 0.3) is 17.5 Å². The highest BCUT2D eigenvalue weighted by Crippen LogP contribution is 2.20. The predicted octanol–water partition coefficient (Wildman–Crippen LogP) is 3.88. The number of aromatic nitrogens is 2. The fourth-order valence-corrected chi connectivity index (χ4v) is 2.81. The van der Waals surface area contributed by atoms with E-state index in [1.165, 1.54) is 24.3 Å². The molecule has 0 aliphatic rings. The van der Waals surface area contributed by atoms with E-state index in [0.29, 0.717) is 17.1 Å². The smallest absolute Gasteiger partial charge is 0.318 e. The summed E-state index contributed by atoms with van der Waals surface area (Å²) in [6.45, 7) is 10.6. The average molecular weight is 452 g/mol. The number of ether oxygens (including phenoxy) is 1. The molecule has 2 aromatic rings. The molecule has 9 nitrogen and oxygen atoms in total. The van der Waals surface area contributed by atoms with Crippen molar-refractivity contribution < 1.29 is 27.6 Å². The second-order valence-corrected chi connectivity index (χ2v) is 7.14. The van der Waals surface area contributed by atoms with E-state index in [0.717, 1.165) is 0 Å². The number of hydrogen-bond donors (Lipinski definition) is 2. The number of aliphatic carboxylic acids is 1. The molecule has 0 saturated heterocycles. The van der Waals surface area contributed by atoms with Crippen LogP contribution in [0.1, 0.15) is 33.5 Å². The van der Waals surface area contributed by atoms with Crippen molar-refractivity contribution in [2.75, 3.05) is 13.7 Å². The lowest BCUT2D eigenvalue weighted by Gasteiger charge is -2.04. The summed E-state index contributed by atoms with van der Waals surface area (Å²) in [6, 6.07) is 5.67. The van der Waals surface area contributed by atoms with Crippen molar-refractivity contribution in [3.05, 3.63) is 60.7 Å². The molecule has 31 heavy (non-hydrogen) atoms. The first-order valence-corrected chi connectivity index (χ1v) is 10.9. The zero-order valence-electron chi connectivity index (χ0n) is 18.3. The third-order valence-corrected chi connectivity index (χ3v) is 4.61. The molecule has 2 rings (SSSR count). The number of carbonyl (C=O) groups is 1. The molecular weight excluding hydrogens is 422 g/mol. The van der Waals surface area contributed by atoms with E-state index in [9.17, 15) is 13.2 Å². The number of carboxylic acids is 1. The van der Waals surface area contributed by atoms with Crippen LogP contribution in [0.2, 0.25) is 0 Å². The Balaban J connectivity index is 0.000000852. The van der Waals surface area contributed by atoms with Crippen LogP contribution < -0.4 is 4.72 Å². The van der Waals surface area contributed by atoms with Gasteiger partial charge in [0.25, 0.3) is 5.89 Å². The minimum absolute atomic E-state index is 0.0503. The van der Waals surface area contributed by atoms with Gasteiger partial charge in [-0.1, -0.05) is 37.7 Å². The first-order chi connectivity index (χ1) is 14.7. The molecule has 0 spiro atoms. The highest BCUT2D eigenvalue weighted by molar-refractivity contribution is 7.89. The van der Waals surface area contributed by atoms with Gasteiger partial charge in [-0.25, -0.2) is 8.42 Å². The SMILES string of the molecule is C/C=C/c1noc(-c2ccc(S(=O)(=O)NCC(=O)O)cc2)n1.C=C(/C=C\C)OC.CC. The van der Waals surface area contributed by atoms with Crippen LogP contribution in [-0.4, -0.2) is 43.3 Å². The minimum Gasteiger partial charge on any atom is -0.497 e. The summed E-state index contributed by atoms with van der Waals surface area (Å²) in [4.78, 5) is 14.5. The van der Waals surface area contributed by atoms with Crippen LogP contribution in [0.4, 0.5) is 0 Å². The van der Waals surface area contributed by atoms with E-state index in [1.807, 2.05) is 38.5 Å². The summed E-state index contributed by atoms with van der Waals surface area (Å²) in [5.74, 6) is 0.109. The molecule has 0 radical (unpaired) electrons. The fourth-order valence-electron chi connectivity index (χ4n) is 1.84. The van der Waals surface area contributed by atoms with Gasteiger partial charge < -0.3 is 14.4 Å². The van der Waals surface area contributed by atoms with Gasteiger partial charge in [0.2, 0.25) is 10.0 Å². The summed E-state index contributed by atoms with van der Waals surface area (Å²) in [7, 11) is -2.27. The molecule has 2 N–H and O–H groups in total. The molecule has 0 aliphatic carbocycles. The Hall–Kier alpha value is -3.24. The quantitative estimate of drug-likeness (QED) is 0.456. The molecule has 0 bridgehead atoms. The number of rotatable bonds is 8. The monoisotopic (exact) mass is 451 g/mol. The summed E-state index contributed by atoms with van der Waals surface area (Å²) < 4.78 is 35.4. The number of allylic oxidation sites excluding steroid dienone is 3. The Morgan fingerprint density at radius 2 is 1.84 bits per heavy atom. The van der Waals surface area contributed by atoms with Gasteiger partial charge in [-0.15, -0.1) is 0 Å². The number of sulfonamides is 1. The largest absolute Gasteiger partial charge is 0.497 e. The van der Waals surface area contributed by atoms with Gasteiger partial charge in [0.1, 0.15) is 12.3 Å². The van der Waals surface area contributed by atoms with Gasteiger partial charge in [-0.3, -0.25) is 4.79 Å². The van der Waals surface area contributed by atoms with E-state index >= 15 is 0 Å². The summed E-state index contributed by atoms with van der Waals surface area (Å²) in [5.41, 5.74) is 0.556. The maximum absolute atomic E-state index is 11.8. The molecular formula is C21H29N3O6S. The lowest BCUT2D eigenvalue weighted by molar-refractivity contribution is -0.135. The van der Waals surface area contributed by atoms with E-state index < -0.39 is 22.5 Å². The van der Waals surface area contributed by atoms with Crippen molar-refractivity contribution in [2.24, 2.45) is 0 Å². The van der Waals surface area contributed by atoms with Crippen molar-refractivity contribution in [3.63, 3.8) is 0 Å². The Labute approximate surface area is 183 Å². The zero-order valence-corrected chi connectivity index (χ0v) is 19.1. The lowest BCUT2D eigenvalue weighted by atomic mass is 10.2. The van der Waals surface area contributed by atoms with Crippen molar-refractivity contribution >= 4 is 22.1 Å². The highest BCUT2D eigenvalue weighted by atomic mass is 32.2. The van der Waals surface area contributed by atoms with E-state index in [4.69, 9.17) is 14.4 Å². The normalized spacial score (nSPS) is 10.7. The van der Waals surface area contributed by atoms with Crippen LogP contribution in [0.5, 0.6) is 0 Å². The Bertz CT molecular complexity index is 977. The fraction of sp³-hybridized carbons (Fsp3) is 0.286. The average Bonchev–Trinajstić information content (AvgIpc) is 3.23. The van der Waals surface area contributed by atoms with Gasteiger partial charge in [0.15, 0.2) is 5.82 Å². The van der Waals surface area contributed by atoms with Gasteiger partial charge in [0, 0.05) is 5.56 Å². The summed E-state index contributed by atoms with van der Waals surface area (Å²) in [6.07, 6.45) is 7.12. The molecule has 0 fully saturated rings. The van der Waals surface area contributed by atoms with Crippen molar-refractivity contribution in [1.82, 2.24) is 14.9 Å². The zero-order chi connectivity index (χ0) is 23.9. The number of hydrogen-bond acceptors (Lipinski definition) is 7. The Morgan fingerprint density at radius 1 is 1.23 bits per heavy atom. The number of carboxylic acid groups (broad SMARTS) is 1. The summed E-state index contributed by atoms with van der Waals surface area (Å²) >= 11 is 0. The Morgan fingerprint density at radius 3 is 2.29 bits per heavy atom. The van der Waals surface area contributed by atoms with E-state index in [2.05, 4.69) is 16.7 Å². The van der Waals surface area contributed by atoms with Crippen LogP contribution in [-0.2, 0) is 19.6 Å². The Kier molecular flexibility index (Phi) is 13.2. The predicted molar refractivity (Wildman–Crippen MR) is 120 cm³/mol. The molecule has 1 aromatic heterocycles. The number of benzene rings is 1. The van der Waals surface area contributed by atoms with E-state index in [1.54, 1.807) is 25.3 Å². The number of methoxy groups -OCH3 is 1. The molecule has 170 valence electrons. The molecule has 10 heteroatoms. The topological polar surface area (TPSA) is 132 Å². The maximum atomic E-state index is 11.8. The van der Waals surface area contributed by atoms with Crippen molar-refractivity contribution in [1.29, 1.82) is 0 Å². The van der Waals surface area contributed by atoms with Crippen LogP contribution in [0.15, 0.2) is 64.3 Å². The highest BCUT2D eigenvalue weighted by Gasteiger charge is 2.16. The van der Waals surface area contributed by atoms with Crippen molar-refractivity contribution in [2.45, 2.75) is 32.6 Å². The molecule has 0 amide bonds. The van der Waals surface area contributed by atoms with Crippen molar-refractivity contribution in [3.8, 4) is 11.5 Å². The maximum Gasteiger partial charge on any atom is 0.318 e. The molecule has 1 aromatic carbocycles. The van der Waals surface area contributed by atoms with Crippen LogP contribution in [0.3, 0.4) is 0 Å². The molecule has 0 aliphatic heterocycles. The number of nitrogens with one attached hydrogen (secondary N) is 1. The standard InChI is InChI=1S/C13H13N3O5S.C6H10O.C2H6/c1-2-3-11-15-13(21-16-11)9-4-6-10(7-5-9)22(19,20)14-8-12(17)18;1-4-5-6(2)7-3;1-2/h2-7,14H,8H2,1H3,(H,17,18);4-5H,2H2,1,3H3;1-2H3/b3-2+;5-4-;. The first kappa shape index (κ1) is 27.8. The molecule has 0 atom stereocenters. The molecule has 1 heterocycles. The van der Waals surface area contributed by atoms with Gasteiger partial charge >= 0.3 is 5.97 Å². The molecule has 0 saturated carbocycles. The summed E-state index contributed by atoms with van der Waals surface area (Å²) in [5, 5.41) is 12.2. The molecule has 0 unspecified atom stereocenters. The van der Waals surface area contributed by atoms with Gasteiger partial charge in [-0.05, 0) is 50.3 Å². The first-order valence-electron chi connectivity index (χ1n) is 9.37. The number of nitrogens with zero attached hydrogens (tertiary/aromatic N) is 2. The third-order valence-electron chi connectivity index (χ3n) is 3.20.